The van der Waals surface area contributed by atoms with E-state index in [-0.39, 0.29) is 6.04 Å². The fraction of sp³-hybridized carbons (Fsp3) is 0.923. The number of hydrogen-bond acceptors (Lipinski definition) is 4. The second-order valence-corrected chi connectivity index (χ2v) is 5.18. The molecule has 1 aliphatic heterocycles. The van der Waals surface area contributed by atoms with E-state index in [4.69, 9.17) is 0 Å². The van der Waals surface area contributed by atoms with Crippen LogP contribution in [0.1, 0.15) is 20.3 Å². The summed E-state index contributed by atoms with van der Waals surface area (Å²) in [5.41, 5.74) is 0. The van der Waals surface area contributed by atoms with Gasteiger partial charge in [0.05, 0.1) is 6.04 Å². The van der Waals surface area contributed by atoms with Crippen LogP contribution in [0, 0.1) is 0 Å². The Morgan fingerprint density at radius 3 is 2.29 bits per heavy atom. The van der Waals surface area contributed by atoms with Gasteiger partial charge < -0.3 is 4.90 Å². The van der Waals surface area contributed by atoms with Crippen LogP contribution in [0.25, 0.3) is 0 Å². The molecule has 0 aliphatic carbocycles. The highest BCUT2D eigenvalue weighted by molar-refractivity contribution is 5.83. The number of carbonyl (C=O) groups excluding carboxylic acids is 1. The lowest BCUT2D eigenvalue weighted by Crippen LogP contribution is -2.52. The van der Waals surface area contributed by atoms with Crippen molar-refractivity contribution in [2.45, 2.75) is 26.3 Å². The molecular formula is C13H27N3O. The third-order valence-corrected chi connectivity index (χ3v) is 3.63. The smallest absolute Gasteiger partial charge is 0.149 e. The van der Waals surface area contributed by atoms with Crippen molar-refractivity contribution in [3.05, 3.63) is 0 Å². The van der Waals surface area contributed by atoms with Gasteiger partial charge in [-0.2, -0.15) is 0 Å². The first-order valence-electron chi connectivity index (χ1n) is 6.68. The number of carbonyl (C=O) groups is 1. The Kier molecular flexibility index (Phi) is 6.09. The first kappa shape index (κ1) is 14.6. The highest BCUT2D eigenvalue weighted by Gasteiger charge is 2.24. The average molecular weight is 241 g/mol. The van der Waals surface area contributed by atoms with Crippen molar-refractivity contribution in [2.75, 3.05) is 53.4 Å². The minimum absolute atomic E-state index is 0.107. The second kappa shape index (κ2) is 7.09. The van der Waals surface area contributed by atoms with E-state index >= 15 is 0 Å². The van der Waals surface area contributed by atoms with Gasteiger partial charge in [0, 0.05) is 45.7 Å². The highest BCUT2D eigenvalue weighted by Crippen LogP contribution is 2.08. The van der Waals surface area contributed by atoms with Crippen molar-refractivity contribution in [1.82, 2.24) is 14.7 Å². The molecule has 1 saturated heterocycles. The zero-order chi connectivity index (χ0) is 12.8. The van der Waals surface area contributed by atoms with Gasteiger partial charge >= 0.3 is 0 Å². The van der Waals surface area contributed by atoms with Gasteiger partial charge in [0.1, 0.15) is 5.78 Å². The summed E-state index contributed by atoms with van der Waals surface area (Å²) in [6.45, 7) is 10.5. The normalized spacial score (nSPS) is 20.8. The van der Waals surface area contributed by atoms with Crippen molar-refractivity contribution in [2.24, 2.45) is 0 Å². The summed E-state index contributed by atoms with van der Waals surface area (Å²) in [5.74, 6) is 0.367. The summed E-state index contributed by atoms with van der Waals surface area (Å²) in [5, 5.41) is 0. The van der Waals surface area contributed by atoms with E-state index in [2.05, 4.69) is 28.8 Å². The fourth-order valence-electron chi connectivity index (χ4n) is 2.21. The highest BCUT2D eigenvalue weighted by atomic mass is 16.1. The van der Waals surface area contributed by atoms with Crippen LogP contribution in [0.4, 0.5) is 0 Å². The number of hydrogen-bond donors (Lipinski definition) is 0. The van der Waals surface area contributed by atoms with Crippen LogP contribution < -0.4 is 0 Å². The standard InChI is InChI=1S/C13H27N3O/c1-5-13(17)12(2)16-10-8-15(9-11-16)7-6-14(3)4/h12H,5-11H2,1-4H3. The lowest BCUT2D eigenvalue weighted by molar-refractivity contribution is -0.124. The lowest BCUT2D eigenvalue weighted by Gasteiger charge is -2.37. The molecule has 1 unspecified atom stereocenters. The average Bonchev–Trinajstić information content (AvgIpc) is 2.35. The third-order valence-electron chi connectivity index (χ3n) is 3.63. The molecule has 0 aromatic rings. The number of nitrogens with zero attached hydrogens (tertiary/aromatic N) is 3. The van der Waals surface area contributed by atoms with Crippen LogP contribution in [0.2, 0.25) is 0 Å². The summed E-state index contributed by atoms with van der Waals surface area (Å²) in [7, 11) is 4.22. The van der Waals surface area contributed by atoms with E-state index in [1.54, 1.807) is 0 Å². The van der Waals surface area contributed by atoms with Crippen molar-refractivity contribution >= 4 is 5.78 Å². The van der Waals surface area contributed by atoms with E-state index < -0.39 is 0 Å². The molecule has 1 atom stereocenters. The molecule has 100 valence electrons. The van der Waals surface area contributed by atoms with Gasteiger partial charge in [-0.25, -0.2) is 0 Å². The number of likely N-dealkylation sites (N-methyl/N-ethyl adjacent to an activating group) is 1. The molecule has 4 nitrogen and oxygen atoms in total. The molecule has 1 fully saturated rings. The SMILES string of the molecule is CCC(=O)C(C)N1CCN(CCN(C)C)CC1. The van der Waals surface area contributed by atoms with Gasteiger partial charge in [-0.1, -0.05) is 6.92 Å². The van der Waals surface area contributed by atoms with Crippen LogP contribution in [-0.2, 0) is 4.79 Å². The van der Waals surface area contributed by atoms with Crippen LogP contribution in [0.3, 0.4) is 0 Å². The van der Waals surface area contributed by atoms with Gasteiger partial charge in [-0.3, -0.25) is 14.6 Å². The maximum absolute atomic E-state index is 11.6. The monoisotopic (exact) mass is 241 g/mol. The lowest BCUT2D eigenvalue weighted by atomic mass is 10.1. The van der Waals surface area contributed by atoms with Gasteiger partial charge in [0.25, 0.3) is 0 Å². The van der Waals surface area contributed by atoms with Crippen LogP contribution >= 0.6 is 0 Å². The molecule has 0 amide bonds. The molecule has 4 heteroatoms. The molecule has 0 spiro atoms. The summed E-state index contributed by atoms with van der Waals surface area (Å²) in [4.78, 5) is 18.7. The molecule has 0 aromatic heterocycles. The molecule has 0 N–H and O–H groups in total. The molecular weight excluding hydrogens is 214 g/mol. The summed E-state index contributed by atoms with van der Waals surface area (Å²) in [6.07, 6.45) is 0.655. The number of ketones is 1. The summed E-state index contributed by atoms with van der Waals surface area (Å²) < 4.78 is 0. The van der Waals surface area contributed by atoms with Crippen molar-refractivity contribution in [3.8, 4) is 0 Å². The molecule has 1 aliphatic rings. The second-order valence-electron chi connectivity index (χ2n) is 5.18. The Balaban J connectivity index is 2.28. The Bertz CT molecular complexity index is 235. The number of rotatable bonds is 6. The molecule has 17 heavy (non-hydrogen) atoms. The quantitative estimate of drug-likeness (QED) is 0.678. The van der Waals surface area contributed by atoms with E-state index in [0.29, 0.717) is 12.2 Å². The largest absolute Gasteiger partial charge is 0.308 e. The van der Waals surface area contributed by atoms with Crippen molar-refractivity contribution < 1.29 is 4.79 Å². The first-order valence-corrected chi connectivity index (χ1v) is 6.68. The van der Waals surface area contributed by atoms with E-state index in [1.807, 2.05) is 13.8 Å². The first-order chi connectivity index (χ1) is 8.04. The zero-order valence-corrected chi connectivity index (χ0v) is 11.8. The Morgan fingerprint density at radius 1 is 1.24 bits per heavy atom. The molecule has 0 aromatic carbocycles. The maximum Gasteiger partial charge on any atom is 0.149 e. The predicted octanol–water partition coefficient (Wildman–Crippen LogP) is 0.533. The van der Waals surface area contributed by atoms with Gasteiger partial charge in [0.15, 0.2) is 0 Å². The van der Waals surface area contributed by atoms with E-state index in [0.717, 1.165) is 39.3 Å². The topological polar surface area (TPSA) is 26.8 Å². The Labute approximate surface area is 106 Å². The molecule has 0 saturated carbocycles. The maximum atomic E-state index is 11.6. The number of Topliss-reactive ketones (excluding diaryl/α,β-unsaturated/α-hetero) is 1. The van der Waals surface area contributed by atoms with E-state index in [1.165, 1.54) is 0 Å². The Morgan fingerprint density at radius 2 is 1.82 bits per heavy atom. The van der Waals surface area contributed by atoms with Gasteiger partial charge in [-0.15, -0.1) is 0 Å². The summed E-state index contributed by atoms with van der Waals surface area (Å²) in [6, 6.07) is 0.107. The van der Waals surface area contributed by atoms with Crippen LogP contribution in [0.5, 0.6) is 0 Å². The molecule has 1 rings (SSSR count). The molecule has 1 heterocycles. The predicted molar refractivity (Wildman–Crippen MR) is 71.3 cm³/mol. The Hall–Kier alpha value is -0.450. The van der Waals surface area contributed by atoms with Crippen molar-refractivity contribution in [1.29, 1.82) is 0 Å². The van der Waals surface area contributed by atoms with E-state index in [9.17, 15) is 4.79 Å². The number of piperazine rings is 1. The zero-order valence-electron chi connectivity index (χ0n) is 11.8. The third kappa shape index (κ3) is 4.74. The minimum atomic E-state index is 0.107. The molecule has 0 radical (unpaired) electrons. The van der Waals surface area contributed by atoms with Gasteiger partial charge in [-0.05, 0) is 21.0 Å². The van der Waals surface area contributed by atoms with Crippen LogP contribution in [0.15, 0.2) is 0 Å². The van der Waals surface area contributed by atoms with Crippen molar-refractivity contribution in [3.63, 3.8) is 0 Å². The minimum Gasteiger partial charge on any atom is -0.308 e. The summed E-state index contributed by atoms with van der Waals surface area (Å²) >= 11 is 0. The van der Waals surface area contributed by atoms with Gasteiger partial charge in [0.2, 0.25) is 0 Å². The van der Waals surface area contributed by atoms with Crippen LogP contribution in [-0.4, -0.2) is 79.9 Å². The molecule has 0 bridgehead atoms. The fourth-order valence-corrected chi connectivity index (χ4v) is 2.21.